The summed E-state index contributed by atoms with van der Waals surface area (Å²) in [6, 6.07) is 3.98. The first-order chi connectivity index (χ1) is 25.5. The molecule has 53 heavy (non-hydrogen) atoms. The molecule has 0 aromatic heterocycles. The SMILES string of the molecule is CCCC(NC(=O)[C@@H]1CCCCNC(=O)CCCCCCC(=O)N[C@@H](C2CCCCC2)C(=O)N1)C(=O)C(=O)NCC(=O)N[C@H](C(N)=O)c1ccccc1. The van der Waals surface area contributed by atoms with Crippen LogP contribution in [0.2, 0.25) is 0 Å². The number of benzene rings is 1. The Bertz CT molecular complexity index is 1420. The Morgan fingerprint density at radius 1 is 0.792 bits per heavy atom. The lowest BCUT2D eigenvalue weighted by atomic mass is 9.83. The van der Waals surface area contributed by atoms with Crippen molar-refractivity contribution in [1.82, 2.24) is 31.9 Å². The van der Waals surface area contributed by atoms with Gasteiger partial charge >= 0.3 is 0 Å². The van der Waals surface area contributed by atoms with Gasteiger partial charge in [0, 0.05) is 19.4 Å². The third-order valence-corrected chi connectivity index (χ3v) is 9.72. The minimum Gasteiger partial charge on any atom is -0.368 e. The maximum Gasteiger partial charge on any atom is 0.290 e. The molecule has 1 aromatic carbocycles. The zero-order valence-corrected chi connectivity index (χ0v) is 30.8. The fourth-order valence-corrected chi connectivity index (χ4v) is 6.77. The molecule has 1 unspecified atom stereocenters. The number of rotatable bonds is 12. The van der Waals surface area contributed by atoms with Gasteiger partial charge in [0.25, 0.3) is 5.91 Å². The number of hydrogen-bond acceptors (Lipinski definition) is 8. The molecule has 1 aliphatic carbocycles. The first-order valence-corrected chi connectivity index (χ1v) is 19.1. The predicted octanol–water partition coefficient (Wildman–Crippen LogP) is 1.49. The zero-order chi connectivity index (χ0) is 38.6. The van der Waals surface area contributed by atoms with E-state index in [1.807, 2.05) is 0 Å². The topological polar surface area (TPSA) is 235 Å². The summed E-state index contributed by atoms with van der Waals surface area (Å²) >= 11 is 0. The molecule has 1 heterocycles. The summed E-state index contributed by atoms with van der Waals surface area (Å²) in [6.45, 7) is 1.55. The Morgan fingerprint density at radius 2 is 1.43 bits per heavy atom. The van der Waals surface area contributed by atoms with Crippen LogP contribution in [-0.2, 0) is 38.4 Å². The van der Waals surface area contributed by atoms with E-state index in [1.165, 1.54) is 0 Å². The van der Waals surface area contributed by atoms with E-state index < -0.39 is 66.0 Å². The number of carbonyl (C=O) groups is 8. The number of amides is 7. The van der Waals surface area contributed by atoms with E-state index in [0.717, 1.165) is 51.4 Å². The monoisotopic (exact) mass is 739 g/mol. The van der Waals surface area contributed by atoms with Gasteiger partial charge in [-0.05, 0) is 62.8 Å². The molecule has 15 heteroatoms. The van der Waals surface area contributed by atoms with E-state index in [1.54, 1.807) is 37.3 Å². The molecule has 0 spiro atoms. The maximum absolute atomic E-state index is 13.9. The smallest absolute Gasteiger partial charge is 0.290 e. The Morgan fingerprint density at radius 3 is 2.09 bits per heavy atom. The lowest BCUT2D eigenvalue weighted by Gasteiger charge is -2.31. The first-order valence-electron chi connectivity index (χ1n) is 19.1. The van der Waals surface area contributed by atoms with Gasteiger partial charge < -0.3 is 37.6 Å². The fraction of sp³-hybridized carbons (Fsp3) is 0.632. The molecular formula is C38H57N7O8. The van der Waals surface area contributed by atoms with Crippen LogP contribution in [0.15, 0.2) is 30.3 Å². The third kappa shape index (κ3) is 15.0. The molecule has 2 aliphatic rings. The van der Waals surface area contributed by atoms with E-state index in [0.29, 0.717) is 44.2 Å². The molecular weight excluding hydrogens is 682 g/mol. The van der Waals surface area contributed by atoms with Crippen molar-refractivity contribution in [2.24, 2.45) is 11.7 Å². The van der Waals surface area contributed by atoms with E-state index in [4.69, 9.17) is 5.73 Å². The van der Waals surface area contributed by atoms with Crippen molar-refractivity contribution < 1.29 is 38.4 Å². The molecule has 15 nitrogen and oxygen atoms in total. The minimum absolute atomic E-state index is 0.0673. The van der Waals surface area contributed by atoms with Gasteiger partial charge in [0.1, 0.15) is 18.1 Å². The highest BCUT2D eigenvalue weighted by atomic mass is 16.2. The fourth-order valence-electron chi connectivity index (χ4n) is 6.77. The Balaban J connectivity index is 1.70. The number of nitrogens with two attached hydrogens (primary N) is 1. The van der Waals surface area contributed by atoms with Gasteiger partial charge in [-0.25, -0.2) is 0 Å². The van der Waals surface area contributed by atoms with Gasteiger partial charge in [0.05, 0.1) is 12.6 Å². The van der Waals surface area contributed by atoms with Crippen molar-refractivity contribution in [3.8, 4) is 0 Å². The molecule has 2 fully saturated rings. The van der Waals surface area contributed by atoms with Crippen LogP contribution in [0.3, 0.4) is 0 Å². The quantitative estimate of drug-likeness (QED) is 0.155. The van der Waals surface area contributed by atoms with E-state index in [2.05, 4.69) is 31.9 Å². The van der Waals surface area contributed by atoms with Gasteiger partial charge in [-0.1, -0.05) is 75.8 Å². The van der Waals surface area contributed by atoms with Crippen LogP contribution in [-0.4, -0.2) is 78.3 Å². The molecule has 292 valence electrons. The maximum atomic E-state index is 13.9. The average Bonchev–Trinajstić information content (AvgIpc) is 3.15. The van der Waals surface area contributed by atoms with E-state index in [-0.39, 0.29) is 37.0 Å². The number of primary amides is 1. The summed E-state index contributed by atoms with van der Waals surface area (Å²) in [6.07, 6.45) is 9.76. The standard InChI is InChI=1S/C38H57N7O8/c1-2-15-27(34(49)38(53)41-24-31(48)45-32(35(39)50)25-16-7-5-8-17-25)42-36(51)28-20-13-14-23-40-29(46)21-11-3-4-12-22-30(47)44-33(37(52)43-28)26-18-9-6-10-19-26/h5,7-8,16-17,26-28,32-33H,2-4,6,9-15,18-24H2,1H3,(H2,39,50)(H,40,46)(H,41,53)(H,42,51)(H,43,52)(H,44,47)(H,45,48)/t27?,28-,32-,33-/m0/s1. The zero-order valence-electron chi connectivity index (χ0n) is 30.8. The van der Waals surface area contributed by atoms with Crippen LogP contribution >= 0.6 is 0 Å². The molecule has 3 rings (SSSR count). The van der Waals surface area contributed by atoms with Gasteiger partial charge in [0.15, 0.2) is 0 Å². The number of carbonyl (C=O) groups excluding carboxylic acids is 8. The van der Waals surface area contributed by atoms with Crippen LogP contribution in [0, 0.1) is 5.92 Å². The van der Waals surface area contributed by atoms with Crippen molar-refractivity contribution in [2.45, 2.75) is 134 Å². The molecule has 7 amide bonds. The summed E-state index contributed by atoms with van der Waals surface area (Å²) in [5.74, 6) is -5.21. The summed E-state index contributed by atoms with van der Waals surface area (Å²) in [5, 5.41) is 16.0. The second kappa shape index (κ2) is 23.0. The van der Waals surface area contributed by atoms with Crippen molar-refractivity contribution >= 4 is 47.1 Å². The lowest BCUT2D eigenvalue weighted by molar-refractivity contribution is -0.141. The Labute approximate surface area is 311 Å². The highest BCUT2D eigenvalue weighted by molar-refractivity contribution is 6.38. The predicted molar refractivity (Wildman–Crippen MR) is 196 cm³/mol. The largest absolute Gasteiger partial charge is 0.368 e. The van der Waals surface area contributed by atoms with E-state index in [9.17, 15) is 38.4 Å². The normalized spacial score (nSPS) is 21.2. The summed E-state index contributed by atoms with van der Waals surface area (Å²) < 4.78 is 0. The van der Waals surface area contributed by atoms with Crippen molar-refractivity contribution in [3.05, 3.63) is 35.9 Å². The molecule has 1 aromatic rings. The van der Waals surface area contributed by atoms with Gasteiger partial charge in [0.2, 0.25) is 41.2 Å². The van der Waals surface area contributed by atoms with Crippen LogP contribution < -0.4 is 37.6 Å². The second-order valence-electron chi connectivity index (χ2n) is 14.0. The Kier molecular flexibility index (Phi) is 18.5. The highest BCUT2D eigenvalue weighted by Crippen LogP contribution is 2.27. The third-order valence-electron chi connectivity index (χ3n) is 9.72. The highest BCUT2D eigenvalue weighted by Gasteiger charge is 2.35. The second-order valence-corrected chi connectivity index (χ2v) is 14.0. The number of Topliss-reactive ketones (excluding diaryl/α,β-unsaturated/α-hetero) is 1. The molecule has 1 saturated heterocycles. The van der Waals surface area contributed by atoms with Gasteiger partial charge in [-0.15, -0.1) is 0 Å². The molecule has 4 atom stereocenters. The van der Waals surface area contributed by atoms with Crippen molar-refractivity contribution in [2.75, 3.05) is 13.1 Å². The van der Waals surface area contributed by atoms with Crippen molar-refractivity contribution in [1.29, 1.82) is 0 Å². The van der Waals surface area contributed by atoms with Crippen LogP contribution in [0.25, 0.3) is 0 Å². The first kappa shape index (κ1) is 42.6. The van der Waals surface area contributed by atoms with Gasteiger partial charge in [-0.2, -0.15) is 0 Å². The summed E-state index contributed by atoms with van der Waals surface area (Å²) in [5.41, 5.74) is 5.90. The molecule has 0 bridgehead atoms. The summed E-state index contributed by atoms with van der Waals surface area (Å²) in [7, 11) is 0. The van der Waals surface area contributed by atoms with Crippen LogP contribution in [0.5, 0.6) is 0 Å². The summed E-state index contributed by atoms with van der Waals surface area (Å²) in [4.78, 5) is 104. The minimum atomic E-state index is -1.25. The number of hydrogen-bond donors (Lipinski definition) is 7. The van der Waals surface area contributed by atoms with Gasteiger partial charge in [-0.3, -0.25) is 38.4 Å². The van der Waals surface area contributed by atoms with Crippen LogP contribution in [0.1, 0.15) is 121 Å². The average molecular weight is 740 g/mol. The Hall–Kier alpha value is -4.82. The number of nitrogens with one attached hydrogen (secondary N) is 6. The van der Waals surface area contributed by atoms with Crippen molar-refractivity contribution in [3.63, 3.8) is 0 Å². The molecule has 1 aliphatic heterocycles. The lowest BCUT2D eigenvalue weighted by Crippen LogP contribution is -2.58. The van der Waals surface area contributed by atoms with E-state index >= 15 is 0 Å². The molecule has 8 N–H and O–H groups in total. The van der Waals surface area contributed by atoms with Crippen LogP contribution in [0.4, 0.5) is 0 Å². The number of ketones is 1. The molecule has 0 radical (unpaired) electrons. The molecule has 1 saturated carbocycles.